The van der Waals surface area contributed by atoms with Crippen molar-refractivity contribution >= 4 is 28.3 Å². The van der Waals surface area contributed by atoms with Gasteiger partial charge in [0.05, 0.1) is 17.6 Å². The number of hydrogen-bond donors (Lipinski definition) is 2. The molecule has 1 amide bonds. The Morgan fingerprint density at radius 2 is 1.96 bits per heavy atom. The van der Waals surface area contributed by atoms with Crippen LogP contribution < -0.4 is 15.5 Å². The number of pyridine rings is 2. The Labute approximate surface area is 152 Å². The molecule has 26 heavy (non-hydrogen) atoms. The highest BCUT2D eigenvalue weighted by Crippen LogP contribution is 2.23. The van der Waals surface area contributed by atoms with Crippen LogP contribution in [0, 0.1) is 0 Å². The quantitative estimate of drug-likeness (QED) is 0.757. The second-order valence-corrected chi connectivity index (χ2v) is 6.37. The van der Waals surface area contributed by atoms with Crippen molar-refractivity contribution in [1.29, 1.82) is 0 Å². The summed E-state index contributed by atoms with van der Waals surface area (Å²) in [6.07, 6.45) is 3.82. The number of carbonyl (C=O) groups is 1. The largest absolute Gasteiger partial charge is 0.352 e. The predicted molar refractivity (Wildman–Crippen MR) is 103 cm³/mol. The lowest BCUT2D eigenvalue weighted by atomic mass is 10.1. The lowest BCUT2D eigenvalue weighted by Crippen LogP contribution is -2.44. The Balaban J connectivity index is 1.49. The van der Waals surface area contributed by atoms with Gasteiger partial charge in [0, 0.05) is 44.0 Å². The van der Waals surface area contributed by atoms with Crippen LogP contribution in [0.5, 0.6) is 0 Å². The van der Waals surface area contributed by atoms with Gasteiger partial charge < -0.3 is 15.5 Å². The van der Waals surface area contributed by atoms with E-state index in [2.05, 4.69) is 25.5 Å². The van der Waals surface area contributed by atoms with Gasteiger partial charge in [0.25, 0.3) is 0 Å². The fourth-order valence-electron chi connectivity index (χ4n) is 3.22. The van der Waals surface area contributed by atoms with Crippen LogP contribution in [0.2, 0.25) is 0 Å². The number of aromatic nitrogens is 2. The first-order chi connectivity index (χ1) is 12.8. The van der Waals surface area contributed by atoms with Crippen molar-refractivity contribution in [3.8, 4) is 0 Å². The molecule has 3 heterocycles. The molecule has 0 bridgehead atoms. The number of nitrogens with zero attached hydrogens (tertiary/aromatic N) is 3. The van der Waals surface area contributed by atoms with Gasteiger partial charge in [0.15, 0.2) is 5.82 Å². The fourth-order valence-corrected chi connectivity index (χ4v) is 3.22. The molecule has 2 aromatic heterocycles. The summed E-state index contributed by atoms with van der Waals surface area (Å²) in [6.45, 7) is 3.61. The molecule has 6 nitrogen and oxygen atoms in total. The van der Waals surface area contributed by atoms with Gasteiger partial charge in [-0.25, -0.2) is 4.98 Å². The van der Waals surface area contributed by atoms with Crippen LogP contribution in [0.3, 0.4) is 0 Å². The summed E-state index contributed by atoms with van der Waals surface area (Å²) in [5.74, 6) is 0.769. The van der Waals surface area contributed by atoms with E-state index in [1.165, 1.54) is 0 Å². The number of anilines is 2. The summed E-state index contributed by atoms with van der Waals surface area (Å²) in [5.41, 5.74) is 2.59. The molecule has 1 saturated heterocycles. The maximum absolute atomic E-state index is 12.6. The molecule has 132 valence electrons. The number of carbonyl (C=O) groups excluding carboxylic acids is 1. The molecule has 0 saturated carbocycles. The van der Waals surface area contributed by atoms with E-state index in [9.17, 15) is 4.79 Å². The van der Waals surface area contributed by atoms with Crippen molar-refractivity contribution in [2.75, 3.05) is 36.4 Å². The van der Waals surface area contributed by atoms with Crippen molar-refractivity contribution in [2.24, 2.45) is 0 Å². The van der Waals surface area contributed by atoms with Gasteiger partial charge in [0.2, 0.25) is 5.91 Å². The monoisotopic (exact) mass is 347 g/mol. The second kappa shape index (κ2) is 7.49. The zero-order valence-corrected chi connectivity index (χ0v) is 14.5. The van der Waals surface area contributed by atoms with Gasteiger partial charge in [-0.3, -0.25) is 9.78 Å². The third kappa shape index (κ3) is 3.65. The topological polar surface area (TPSA) is 70.2 Å². The highest BCUT2D eigenvalue weighted by Gasteiger charge is 2.16. The molecule has 0 atom stereocenters. The van der Waals surface area contributed by atoms with Crippen molar-refractivity contribution in [2.45, 2.75) is 6.42 Å². The van der Waals surface area contributed by atoms with Gasteiger partial charge in [-0.05, 0) is 29.8 Å². The summed E-state index contributed by atoms with van der Waals surface area (Å²) in [4.78, 5) is 23.7. The second-order valence-electron chi connectivity index (χ2n) is 6.37. The van der Waals surface area contributed by atoms with Crippen LogP contribution in [-0.2, 0) is 11.2 Å². The van der Waals surface area contributed by atoms with Gasteiger partial charge in [-0.15, -0.1) is 0 Å². The molecule has 1 aliphatic rings. The van der Waals surface area contributed by atoms with Gasteiger partial charge in [0.1, 0.15) is 0 Å². The first kappa shape index (κ1) is 16.5. The first-order valence-corrected chi connectivity index (χ1v) is 8.84. The molecule has 0 spiro atoms. The van der Waals surface area contributed by atoms with E-state index in [4.69, 9.17) is 0 Å². The lowest BCUT2D eigenvalue weighted by molar-refractivity contribution is -0.115. The molecular weight excluding hydrogens is 326 g/mol. The molecule has 6 heteroatoms. The Morgan fingerprint density at radius 3 is 2.85 bits per heavy atom. The molecule has 4 rings (SSSR count). The average molecular weight is 347 g/mol. The molecule has 0 unspecified atom stereocenters. The SMILES string of the molecule is O=C(Cc1cnc2ccccc2c1)Nc1cccnc1N1CCNCC1. The van der Waals surface area contributed by atoms with Crippen LogP contribution in [0.1, 0.15) is 5.56 Å². The number of amides is 1. The van der Waals surface area contributed by atoms with Crippen molar-refractivity contribution in [3.05, 3.63) is 60.4 Å². The number of piperazine rings is 1. The fraction of sp³-hybridized carbons (Fsp3) is 0.250. The molecule has 1 aromatic carbocycles. The number of rotatable bonds is 4. The van der Waals surface area contributed by atoms with E-state index in [1.54, 1.807) is 12.4 Å². The maximum Gasteiger partial charge on any atom is 0.228 e. The molecule has 3 aromatic rings. The molecule has 1 aliphatic heterocycles. The van der Waals surface area contributed by atoms with E-state index in [0.29, 0.717) is 0 Å². The molecule has 0 aliphatic carbocycles. The summed E-state index contributed by atoms with van der Waals surface area (Å²) in [5, 5.41) is 7.38. The molecule has 2 N–H and O–H groups in total. The number of nitrogens with one attached hydrogen (secondary N) is 2. The lowest BCUT2D eigenvalue weighted by Gasteiger charge is -2.29. The Hall–Kier alpha value is -2.99. The van der Waals surface area contributed by atoms with Crippen LogP contribution in [-0.4, -0.2) is 42.1 Å². The third-order valence-corrected chi connectivity index (χ3v) is 4.49. The van der Waals surface area contributed by atoms with Crippen molar-refractivity contribution in [1.82, 2.24) is 15.3 Å². The van der Waals surface area contributed by atoms with Crippen LogP contribution in [0.4, 0.5) is 11.5 Å². The van der Waals surface area contributed by atoms with Gasteiger partial charge in [-0.2, -0.15) is 0 Å². The Kier molecular flexibility index (Phi) is 4.75. The number of benzene rings is 1. The van der Waals surface area contributed by atoms with Gasteiger partial charge >= 0.3 is 0 Å². The van der Waals surface area contributed by atoms with Crippen LogP contribution in [0.25, 0.3) is 10.9 Å². The van der Waals surface area contributed by atoms with E-state index < -0.39 is 0 Å². The maximum atomic E-state index is 12.6. The molecule has 1 fully saturated rings. The normalized spacial score (nSPS) is 14.4. The number of hydrogen-bond acceptors (Lipinski definition) is 5. The number of fused-ring (bicyclic) bond motifs is 1. The predicted octanol–water partition coefficient (Wildman–Crippen LogP) is 2.22. The zero-order chi connectivity index (χ0) is 17.8. The smallest absolute Gasteiger partial charge is 0.228 e. The van der Waals surface area contributed by atoms with Crippen LogP contribution in [0.15, 0.2) is 54.9 Å². The summed E-state index contributed by atoms with van der Waals surface area (Å²) < 4.78 is 0. The summed E-state index contributed by atoms with van der Waals surface area (Å²) >= 11 is 0. The van der Waals surface area contributed by atoms with E-state index in [1.807, 2.05) is 42.5 Å². The summed E-state index contributed by atoms with van der Waals surface area (Å²) in [6, 6.07) is 13.7. The standard InChI is InChI=1S/C20H21N5O/c26-19(13-15-12-16-4-1-2-5-17(16)23-14-15)24-18-6-3-7-22-20(18)25-10-8-21-9-11-25/h1-7,12,14,21H,8-11,13H2,(H,24,26). The van der Waals surface area contributed by atoms with Crippen molar-refractivity contribution in [3.63, 3.8) is 0 Å². The zero-order valence-electron chi connectivity index (χ0n) is 14.5. The average Bonchev–Trinajstić information content (AvgIpc) is 2.69. The minimum absolute atomic E-state index is 0.0635. The summed E-state index contributed by atoms with van der Waals surface area (Å²) in [7, 11) is 0. The Bertz CT molecular complexity index is 921. The first-order valence-electron chi connectivity index (χ1n) is 8.84. The third-order valence-electron chi connectivity index (χ3n) is 4.49. The van der Waals surface area contributed by atoms with E-state index >= 15 is 0 Å². The van der Waals surface area contributed by atoms with Crippen LogP contribution >= 0.6 is 0 Å². The highest BCUT2D eigenvalue weighted by molar-refractivity contribution is 5.95. The minimum atomic E-state index is -0.0635. The minimum Gasteiger partial charge on any atom is -0.352 e. The van der Waals surface area contributed by atoms with E-state index in [-0.39, 0.29) is 12.3 Å². The highest BCUT2D eigenvalue weighted by atomic mass is 16.1. The molecular formula is C20H21N5O. The van der Waals surface area contributed by atoms with Crippen molar-refractivity contribution < 1.29 is 4.79 Å². The van der Waals surface area contributed by atoms with Gasteiger partial charge in [-0.1, -0.05) is 18.2 Å². The molecule has 0 radical (unpaired) electrons. The number of para-hydroxylation sites is 1. The van der Waals surface area contributed by atoms with E-state index in [0.717, 1.165) is 54.2 Å². The Morgan fingerprint density at radius 1 is 1.12 bits per heavy atom.